The second-order valence-electron chi connectivity index (χ2n) is 6.39. The molecule has 1 fully saturated rings. The van der Waals surface area contributed by atoms with Crippen LogP contribution in [0.15, 0.2) is 4.99 Å². The molecule has 0 bridgehead atoms. The minimum atomic E-state index is 0. The van der Waals surface area contributed by atoms with Crippen LogP contribution in [0.4, 0.5) is 0 Å². The van der Waals surface area contributed by atoms with Crippen LogP contribution < -0.4 is 16.0 Å². The van der Waals surface area contributed by atoms with E-state index in [-0.39, 0.29) is 35.8 Å². The van der Waals surface area contributed by atoms with E-state index < -0.39 is 0 Å². The summed E-state index contributed by atoms with van der Waals surface area (Å²) < 4.78 is 5.21. The van der Waals surface area contributed by atoms with Gasteiger partial charge in [0, 0.05) is 46.3 Å². The van der Waals surface area contributed by atoms with Crippen LogP contribution in [0.1, 0.15) is 39.5 Å². The molecule has 0 saturated heterocycles. The molecule has 23 heavy (non-hydrogen) atoms. The maximum absolute atomic E-state index is 11.5. The zero-order chi connectivity index (χ0) is 16.4. The Kier molecular flexibility index (Phi) is 11.6. The van der Waals surface area contributed by atoms with Gasteiger partial charge in [0.05, 0.1) is 0 Å². The number of aliphatic imine (C=N–C) groups is 1. The minimum Gasteiger partial charge on any atom is -0.385 e. The number of carbonyl (C=O) groups excluding carboxylic acids is 1. The molecule has 1 saturated carbocycles. The zero-order valence-corrected chi connectivity index (χ0v) is 17.2. The van der Waals surface area contributed by atoms with Crippen molar-refractivity contribution in [2.45, 2.75) is 39.5 Å². The van der Waals surface area contributed by atoms with Crippen molar-refractivity contribution in [1.29, 1.82) is 0 Å². The van der Waals surface area contributed by atoms with Crippen LogP contribution in [0.3, 0.4) is 0 Å². The zero-order valence-electron chi connectivity index (χ0n) is 14.9. The van der Waals surface area contributed by atoms with Crippen LogP contribution in [0.25, 0.3) is 0 Å². The van der Waals surface area contributed by atoms with E-state index in [2.05, 4.69) is 20.9 Å². The van der Waals surface area contributed by atoms with Gasteiger partial charge in [-0.1, -0.05) is 20.3 Å². The smallest absolute Gasteiger partial charge is 0.222 e. The van der Waals surface area contributed by atoms with Gasteiger partial charge in [0.15, 0.2) is 5.96 Å². The Balaban J connectivity index is 0.00000484. The Morgan fingerprint density at radius 3 is 2.35 bits per heavy atom. The third-order valence-corrected chi connectivity index (χ3v) is 4.35. The molecule has 1 aliphatic carbocycles. The van der Waals surface area contributed by atoms with Crippen LogP contribution in [0.2, 0.25) is 0 Å². The largest absolute Gasteiger partial charge is 0.385 e. The maximum atomic E-state index is 11.5. The molecule has 0 aromatic rings. The number of ether oxygens (including phenoxy) is 1. The fourth-order valence-corrected chi connectivity index (χ4v) is 2.57. The molecule has 3 N–H and O–H groups in total. The third-order valence-electron chi connectivity index (χ3n) is 4.35. The quantitative estimate of drug-likeness (QED) is 0.221. The molecular formula is C16H33IN4O2. The van der Waals surface area contributed by atoms with Gasteiger partial charge in [-0.05, 0) is 24.7 Å². The first-order valence-electron chi connectivity index (χ1n) is 8.24. The molecule has 0 atom stereocenters. The number of hydrogen-bond acceptors (Lipinski definition) is 3. The molecule has 1 amide bonds. The lowest BCUT2D eigenvalue weighted by Crippen LogP contribution is -2.48. The van der Waals surface area contributed by atoms with E-state index in [1.807, 2.05) is 13.8 Å². The summed E-state index contributed by atoms with van der Waals surface area (Å²) in [6, 6.07) is 0. The van der Waals surface area contributed by atoms with Gasteiger partial charge < -0.3 is 20.7 Å². The highest BCUT2D eigenvalue weighted by Gasteiger charge is 2.36. The first kappa shape index (κ1) is 22.4. The molecule has 0 aliphatic heterocycles. The van der Waals surface area contributed by atoms with Gasteiger partial charge in [-0.2, -0.15) is 0 Å². The number of methoxy groups -OCH3 is 1. The van der Waals surface area contributed by atoms with Crippen molar-refractivity contribution in [3.05, 3.63) is 0 Å². The monoisotopic (exact) mass is 440 g/mol. The van der Waals surface area contributed by atoms with Gasteiger partial charge in [0.25, 0.3) is 0 Å². The molecule has 0 radical (unpaired) electrons. The number of guanidine groups is 1. The molecule has 6 nitrogen and oxygen atoms in total. The molecule has 1 rings (SSSR count). The van der Waals surface area contributed by atoms with Crippen LogP contribution in [0.5, 0.6) is 0 Å². The normalized spacial score (nSPS) is 16.3. The summed E-state index contributed by atoms with van der Waals surface area (Å²) >= 11 is 0. The van der Waals surface area contributed by atoms with Crippen molar-refractivity contribution in [3.63, 3.8) is 0 Å². The summed E-state index contributed by atoms with van der Waals surface area (Å²) in [6.45, 7) is 6.79. The maximum Gasteiger partial charge on any atom is 0.222 e. The Labute approximate surface area is 157 Å². The molecule has 0 aromatic carbocycles. The highest BCUT2D eigenvalue weighted by molar-refractivity contribution is 14.0. The van der Waals surface area contributed by atoms with Crippen molar-refractivity contribution >= 4 is 35.8 Å². The van der Waals surface area contributed by atoms with Gasteiger partial charge >= 0.3 is 0 Å². The van der Waals surface area contributed by atoms with Crippen LogP contribution in [0, 0.1) is 11.3 Å². The van der Waals surface area contributed by atoms with Crippen LogP contribution in [-0.2, 0) is 9.53 Å². The molecule has 1 aliphatic rings. The number of halogens is 1. The highest BCUT2D eigenvalue weighted by Crippen LogP contribution is 2.43. The van der Waals surface area contributed by atoms with E-state index >= 15 is 0 Å². The first-order valence-corrected chi connectivity index (χ1v) is 8.24. The lowest BCUT2D eigenvalue weighted by Gasteiger charge is -2.42. The second-order valence-corrected chi connectivity index (χ2v) is 6.39. The topological polar surface area (TPSA) is 74.8 Å². The van der Waals surface area contributed by atoms with E-state index in [9.17, 15) is 4.79 Å². The van der Waals surface area contributed by atoms with Crippen LogP contribution in [-0.4, -0.2) is 52.3 Å². The van der Waals surface area contributed by atoms with E-state index in [1.54, 1.807) is 14.2 Å². The van der Waals surface area contributed by atoms with E-state index in [0.717, 1.165) is 25.5 Å². The molecule has 0 spiro atoms. The van der Waals surface area contributed by atoms with E-state index in [0.29, 0.717) is 18.5 Å². The van der Waals surface area contributed by atoms with Crippen molar-refractivity contribution < 1.29 is 9.53 Å². The number of nitrogens with one attached hydrogen (secondary N) is 3. The molecule has 0 aromatic heterocycles. The Hall–Kier alpha value is -0.570. The fraction of sp³-hybridized carbons (Fsp3) is 0.875. The average molecular weight is 440 g/mol. The minimum absolute atomic E-state index is 0. The van der Waals surface area contributed by atoms with E-state index in [1.165, 1.54) is 19.3 Å². The number of hydrogen-bond donors (Lipinski definition) is 3. The number of nitrogens with zero attached hydrogens (tertiary/aromatic N) is 1. The summed E-state index contributed by atoms with van der Waals surface area (Å²) in [7, 11) is 3.52. The standard InChI is InChI=1S/C16H32N4O2.HI/c1-13(2)14(21)18-9-10-19-15(17-3)20-12-16(6-5-7-16)8-11-22-4;/h13H,5-12H2,1-4H3,(H,18,21)(H2,17,19,20);1H. The number of carbonyl (C=O) groups is 1. The summed E-state index contributed by atoms with van der Waals surface area (Å²) in [6.07, 6.45) is 4.91. The average Bonchev–Trinajstić information content (AvgIpc) is 2.47. The number of amides is 1. The lowest BCUT2D eigenvalue weighted by molar-refractivity contribution is -0.123. The lowest BCUT2D eigenvalue weighted by atomic mass is 9.67. The van der Waals surface area contributed by atoms with Gasteiger partial charge in [-0.15, -0.1) is 24.0 Å². The van der Waals surface area contributed by atoms with Crippen LogP contribution >= 0.6 is 24.0 Å². The number of rotatable bonds is 9. The molecular weight excluding hydrogens is 407 g/mol. The van der Waals surface area contributed by atoms with Gasteiger partial charge in [0.2, 0.25) is 5.91 Å². The van der Waals surface area contributed by atoms with Crippen molar-refractivity contribution in [1.82, 2.24) is 16.0 Å². The summed E-state index contributed by atoms with van der Waals surface area (Å²) in [5, 5.41) is 9.52. The predicted molar refractivity (Wildman–Crippen MR) is 105 cm³/mol. The third kappa shape index (κ3) is 8.19. The van der Waals surface area contributed by atoms with E-state index in [4.69, 9.17) is 4.74 Å². The van der Waals surface area contributed by atoms with Crippen molar-refractivity contribution in [2.24, 2.45) is 16.3 Å². The summed E-state index contributed by atoms with van der Waals surface area (Å²) in [5.74, 6) is 0.900. The summed E-state index contributed by atoms with van der Waals surface area (Å²) in [4.78, 5) is 15.7. The molecule has 7 heteroatoms. The summed E-state index contributed by atoms with van der Waals surface area (Å²) in [5.41, 5.74) is 0.361. The Morgan fingerprint density at radius 1 is 1.22 bits per heavy atom. The van der Waals surface area contributed by atoms with Gasteiger partial charge in [-0.25, -0.2) is 0 Å². The van der Waals surface area contributed by atoms with Crippen molar-refractivity contribution in [3.8, 4) is 0 Å². The molecule has 0 unspecified atom stereocenters. The fourth-order valence-electron chi connectivity index (χ4n) is 2.57. The molecule has 136 valence electrons. The second kappa shape index (κ2) is 11.9. The Bertz CT molecular complexity index is 371. The van der Waals surface area contributed by atoms with Gasteiger partial charge in [-0.3, -0.25) is 9.79 Å². The highest BCUT2D eigenvalue weighted by atomic mass is 127. The Morgan fingerprint density at radius 2 is 1.87 bits per heavy atom. The van der Waals surface area contributed by atoms with Gasteiger partial charge in [0.1, 0.15) is 0 Å². The van der Waals surface area contributed by atoms with Crippen molar-refractivity contribution in [2.75, 3.05) is 40.4 Å². The predicted octanol–water partition coefficient (Wildman–Crippen LogP) is 1.75. The first-order chi connectivity index (χ1) is 10.5. The molecule has 0 heterocycles. The SMILES string of the molecule is CN=C(NCCNC(=O)C(C)C)NCC1(CCOC)CCC1.I.